The quantitative estimate of drug-likeness (QED) is 0.00885. The molecule has 0 unspecified atom stereocenters. The van der Waals surface area contributed by atoms with Crippen molar-refractivity contribution in [3.63, 3.8) is 0 Å². The number of aromatic amines is 8. The number of ketones is 3. The number of Topliss-reactive ketones (excluding diaryl/α,β-unsaturated/α-hetero) is 3. The van der Waals surface area contributed by atoms with Crippen LogP contribution in [0.5, 0.6) is 0 Å². The third-order valence-electron chi connectivity index (χ3n) is 18.4. The van der Waals surface area contributed by atoms with E-state index in [-0.39, 0.29) is 59.3 Å². The smallest absolute Gasteiger partial charge is 0.748 e. The Morgan fingerprint density at radius 2 is 1.02 bits per heavy atom. The molecule has 0 atom stereocenters. The van der Waals surface area contributed by atoms with Crippen molar-refractivity contribution in [2.24, 2.45) is 0 Å². The van der Waals surface area contributed by atoms with Crippen molar-refractivity contribution < 1.29 is 95.0 Å². The number of carboxylic acids is 1. The Hall–Kier alpha value is -4.47. The Kier molecular flexibility index (Phi) is 46.4. The first-order chi connectivity index (χ1) is 60.4. The average Bonchev–Trinajstić information content (AvgIpc) is 1.68. The largest absolute Gasteiger partial charge is 1.00 e. The number of esters is 1. The Bertz CT molecular complexity index is 6550. The summed E-state index contributed by atoms with van der Waals surface area (Å²) in [4.78, 5) is 79.6. The van der Waals surface area contributed by atoms with Crippen molar-refractivity contribution in [1.82, 2.24) is 50.3 Å². The Morgan fingerprint density at radius 3 is 1.48 bits per heavy atom. The standard InChI is InChI=1S/C15H14INO2S.C15H15N3O2S2.C14H12IN3S.C12H12INO2S.C11H8INOS.C8H6IN.C5H9BrO2.C3H3NO.CHCl3.CH4O3S.CH4O.Na/c1-8(18)10-3-2-6-20-15-11-7-9(16)4-5-12(11)17-13(15)14(10)19;1-8-10-5-6-21-15-11-7-9(22(2,19)20)3-4-12(11)16-14(15)13(10)18-17-8;1-7-9-4-5-19-14-10-6-8(15)2-3-11(10)16-13(14)12(9)18-17-7;13-8-3-4-10-9(6-8)11(7-14-10)17-5-1-2-12(15)16;12-6-1-2-8-7(5-6)11-10(13-8)9(14)3-4-15-11;9-7-1-2-8-6(5-7)3-4-10-8;1-2-8-5(7)3-4-6;1-3(5)2-4;2-1(3)4;1-5(2,3)4;1-2;/h4-5,7,17,19H,2-3,6H2,1H3;3-4,7,16H,5-6H2,1-2H3,(H,17,18);2-3,6,16H,4-5H2,1H3,(H,17,18);3-4,6-7,14H,1-2,5H2,(H,15,16);1-2,5,13H,3-4H2;1-5,10H;2-4H2,1H3;1H3;1H;1H3,(H,2,3,4);2H,1H3;/q;;;;;;;;;;;+1/p-1. The van der Waals surface area contributed by atoms with Crippen molar-refractivity contribution >= 4 is 343 Å². The van der Waals surface area contributed by atoms with Crippen LogP contribution >= 0.6 is 222 Å². The van der Waals surface area contributed by atoms with E-state index in [4.69, 9.17) is 63.2 Å². The number of carboxylic acid groups (broad SMARTS) is 1. The van der Waals surface area contributed by atoms with Gasteiger partial charge in [0.25, 0.3) is 0 Å². The maximum atomic E-state index is 11.8. The fourth-order valence-corrected chi connectivity index (χ4v) is 21.8. The molecule has 4 aliphatic heterocycles. The van der Waals surface area contributed by atoms with Crippen molar-refractivity contribution in [1.29, 1.82) is 5.26 Å². The summed E-state index contributed by atoms with van der Waals surface area (Å²) in [6.45, 7) is 9.16. The minimum Gasteiger partial charge on any atom is -0.748 e. The number of rotatable bonds is 10. The first kappa shape index (κ1) is 111. The van der Waals surface area contributed by atoms with E-state index in [1.165, 1.54) is 105 Å². The fraction of sp³-hybridized carbons (Fsp3) is 0.279. The van der Waals surface area contributed by atoms with Crippen LogP contribution in [0.25, 0.3) is 94.0 Å². The van der Waals surface area contributed by atoms with Crippen LogP contribution in [0.1, 0.15) is 98.0 Å². The van der Waals surface area contributed by atoms with Crippen LogP contribution in [0.3, 0.4) is 0 Å². The van der Waals surface area contributed by atoms with E-state index in [0.717, 1.165) is 135 Å². The summed E-state index contributed by atoms with van der Waals surface area (Å²) in [5.41, 5.74) is 17.7. The number of aromatic nitrogens is 10. The number of carbonyl (C=O) groups excluding carboxylic acids is 4. The number of aryl methyl sites for hydroxylation is 2. The number of hydrogen-bond acceptors (Lipinski definition) is 21. The summed E-state index contributed by atoms with van der Waals surface area (Å²) in [7, 11) is -6.13. The van der Waals surface area contributed by atoms with Crippen LogP contribution in [0.2, 0.25) is 0 Å². The van der Waals surface area contributed by atoms with Crippen LogP contribution in [-0.2, 0) is 56.7 Å². The number of thioether (sulfide) groups is 5. The number of halogens is 9. The van der Waals surface area contributed by atoms with Gasteiger partial charge in [-0.05, 0) is 300 Å². The van der Waals surface area contributed by atoms with Crippen LogP contribution in [0.15, 0.2) is 163 Å². The first-order valence-corrected chi connectivity index (χ1v) is 54.9. The van der Waals surface area contributed by atoms with E-state index in [2.05, 4.69) is 270 Å². The molecule has 0 radical (unpaired) electrons. The molecule has 676 valence electrons. The Morgan fingerprint density at radius 1 is 0.609 bits per heavy atom. The molecule has 0 saturated heterocycles. The zero-order chi connectivity index (χ0) is 93.1. The van der Waals surface area contributed by atoms with Gasteiger partial charge >= 0.3 is 41.5 Å². The molecular weight excluding hydrogens is 2480 g/mol. The normalized spacial score (nSPS) is 12.8. The molecule has 6 aromatic carbocycles. The molecule has 8 aromatic heterocycles. The predicted molar refractivity (Wildman–Crippen MR) is 564 cm³/mol. The second-order valence-electron chi connectivity index (χ2n) is 27.5. The molecule has 4 aliphatic rings. The summed E-state index contributed by atoms with van der Waals surface area (Å²) in [6.07, 6.45) is 11.4. The monoisotopic (exact) mass is 2560 g/mol. The van der Waals surface area contributed by atoms with Crippen molar-refractivity contribution in [2.75, 3.05) is 60.3 Å². The number of hydrogen-bond donors (Lipinski definition) is 11. The number of aliphatic hydroxyl groups excluding tert-OH is 2. The average molecular weight is 2570 g/mol. The molecule has 25 nitrogen and oxygen atoms in total. The number of allylic oxidation sites excluding steroid dienone is 1. The summed E-state index contributed by atoms with van der Waals surface area (Å²) in [5.74, 6) is 3.78. The molecule has 0 fully saturated rings. The van der Waals surface area contributed by atoms with Gasteiger partial charge in [0.1, 0.15) is 23.2 Å². The second kappa shape index (κ2) is 53.7. The maximum absolute atomic E-state index is 11.8. The summed E-state index contributed by atoms with van der Waals surface area (Å²) < 4.78 is 60.8. The number of ether oxygens (including phenoxy) is 1. The predicted octanol–water partition coefficient (Wildman–Crippen LogP) is 20.7. The first-order valence-electron chi connectivity index (χ1n) is 38.5. The Balaban J connectivity index is 0.000000201. The molecule has 0 saturated carbocycles. The summed E-state index contributed by atoms with van der Waals surface area (Å²) in [6, 6.07) is 40.3. The van der Waals surface area contributed by atoms with Crippen LogP contribution < -0.4 is 29.6 Å². The molecule has 11 N–H and O–H groups in total. The number of alkyl halides is 4. The number of H-pyrrole nitrogens is 8. The van der Waals surface area contributed by atoms with E-state index in [1.807, 2.05) is 55.3 Å². The number of carbonyl (C=O) groups is 5. The van der Waals surface area contributed by atoms with E-state index in [1.54, 1.807) is 66.1 Å². The third-order valence-corrected chi connectivity index (χ3v) is 29.0. The molecule has 18 rings (SSSR count). The SMILES string of the molecule is CC(=O)C#N.CC(=O)C1=C(O)c2[nH]c3ccc(I)cc3c2SCCC1.CCOC(=O)CCBr.CO.CS(=O)(=O)[O-].Cc1[nH]nc2c1CCSc1c-2[nH]c2ccc(I)cc12.Cc1[nH]nc2c1CCSc1c-2[nH]c2ccc(S(C)(=O)=O)cc12.ClC(Cl)Cl.Ic1ccc2[nH]ccc2c1.O=C(O)CCCSc1c[nH]c2ccc(I)cc12.O=C1CCSc2c1[nH]c1ccc(I)cc21.[Na+]. The van der Waals surface area contributed by atoms with Crippen LogP contribution in [0, 0.1) is 43.0 Å². The summed E-state index contributed by atoms with van der Waals surface area (Å²) in [5, 5.41) is 56.5. The van der Waals surface area contributed by atoms with Gasteiger partial charge in [0.05, 0.1) is 50.8 Å². The van der Waals surface area contributed by atoms with Gasteiger partial charge in [-0.2, -0.15) is 15.5 Å². The van der Waals surface area contributed by atoms with Crippen molar-refractivity contribution in [3.8, 4) is 28.8 Å². The van der Waals surface area contributed by atoms with Gasteiger partial charge in [-0.25, -0.2) is 16.8 Å². The molecule has 0 aliphatic carbocycles. The molecule has 42 heteroatoms. The topological polar surface area (TPSA) is 422 Å². The molecule has 128 heavy (non-hydrogen) atoms. The minimum absolute atomic E-state index is 0. The fourth-order valence-electron chi connectivity index (χ4n) is 12.9. The van der Waals surface area contributed by atoms with Gasteiger partial charge in [-0.1, -0.05) is 50.7 Å². The molecule has 12 heterocycles. The van der Waals surface area contributed by atoms with E-state index >= 15 is 0 Å². The maximum Gasteiger partial charge on any atom is 1.00 e. The molecule has 0 amide bonds. The van der Waals surface area contributed by atoms with Crippen LogP contribution in [0.4, 0.5) is 0 Å². The zero-order valence-corrected chi connectivity index (χ0v) is 92.6. The van der Waals surface area contributed by atoms with Gasteiger partial charge in [0, 0.05) is 210 Å². The number of nitriles is 1. The van der Waals surface area contributed by atoms with E-state index in [0.29, 0.717) is 60.0 Å². The number of nitrogens with zero attached hydrogens (tertiary/aromatic N) is 3. The Labute approximate surface area is 875 Å². The molecule has 0 bridgehead atoms. The van der Waals surface area contributed by atoms with Gasteiger partial charge in [-0.3, -0.25) is 34.2 Å². The number of fused-ring (bicyclic) bond motifs is 18. The van der Waals surface area contributed by atoms with Gasteiger partial charge in [-0.15, -0.1) is 58.8 Å². The zero-order valence-electron chi connectivity index (χ0n) is 70.2. The number of sulfone groups is 1. The minimum atomic E-state index is -3.92. The number of aliphatic carboxylic acids is 1. The van der Waals surface area contributed by atoms with E-state index < -0.39 is 36.0 Å². The molecular formula is C86H87BrCl3I5N11NaO14S7. The number of benzene rings is 6. The molecule has 14 aromatic rings. The second-order valence-corrected chi connectivity index (χ2v) is 45.5. The van der Waals surface area contributed by atoms with E-state index in [9.17, 15) is 37.5 Å². The summed E-state index contributed by atoms with van der Waals surface area (Å²) >= 11 is 38.0. The molecule has 0 spiro atoms. The van der Waals surface area contributed by atoms with Gasteiger partial charge in [0.2, 0.25) is 5.78 Å². The van der Waals surface area contributed by atoms with Gasteiger partial charge in [0.15, 0.2) is 25.7 Å². The van der Waals surface area contributed by atoms with Crippen LogP contribution in [-0.4, -0.2) is 181 Å². The van der Waals surface area contributed by atoms with Crippen molar-refractivity contribution in [3.05, 3.63) is 185 Å². The van der Waals surface area contributed by atoms with Crippen molar-refractivity contribution in [2.45, 2.75) is 120 Å². The third kappa shape index (κ3) is 32.7. The number of aliphatic hydroxyl groups is 2. The van der Waals surface area contributed by atoms with Gasteiger partial charge < -0.3 is 54.5 Å². The number of nitrogens with one attached hydrogen (secondary N) is 8.